The number of methoxy groups -OCH3 is 1. The highest BCUT2D eigenvalue weighted by Crippen LogP contribution is 2.39. The molecule has 0 amide bonds. The Bertz CT molecular complexity index is 455. The molecule has 0 saturated heterocycles. The van der Waals surface area contributed by atoms with Crippen molar-refractivity contribution >= 4 is 21.9 Å². The van der Waals surface area contributed by atoms with Crippen LogP contribution in [0.15, 0.2) is 16.6 Å². The van der Waals surface area contributed by atoms with Crippen LogP contribution in [-0.2, 0) is 11.2 Å². The van der Waals surface area contributed by atoms with Crippen molar-refractivity contribution in [3.8, 4) is 11.5 Å². The highest BCUT2D eigenvalue weighted by atomic mass is 79.9. The predicted molar refractivity (Wildman–Crippen MR) is 70.3 cm³/mol. The van der Waals surface area contributed by atoms with Gasteiger partial charge in [-0.05, 0) is 37.0 Å². The largest absolute Gasteiger partial charge is 0.493 e. The lowest BCUT2D eigenvalue weighted by Gasteiger charge is -2.15. The highest BCUT2D eigenvalue weighted by Gasteiger charge is 2.26. The van der Waals surface area contributed by atoms with Crippen molar-refractivity contribution in [1.29, 1.82) is 0 Å². The molecule has 5 heteroatoms. The van der Waals surface area contributed by atoms with E-state index in [2.05, 4.69) is 15.9 Å². The molecule has 18 heavy (non-hydrogen) atoms. The van der Waals surface area contributed by atoms with Gasteiger partial charge in [0.15, 0.2) is 11.5 Å². The van der Waals surface area contributed by atoms with Gasteiger partial charge in [-0.15, -0.1) is 0 Å². The van der Waals surface area contributed by atoms with Crippen molar-refractivity contribution in [3.63, 3.8) is 0 Å². The minimum Gasteiger partial charge on any atom is -0.493 e. The van der Waals surface area contributed by atoms with Crippen LogP contribution in [0.1, 0.15) is 24.8 Å². The average Bonchev–Trinajstić information content (AvgIpc) is 3.12. The molecule has 4 nitrogen and oxygen atoms in total. The average molecular weight is 315 g/mol. The van der Waals surface area contributed by atoms with Gasteiger partial charge < -0.3 is 14.6 Å². The maximum atomic E-state index is 10.7. The van der Waals surface area contributed by atoms with E-state index in [1.54, 1.807) is 7.11 Å². The number of carboxylic acids is 1. The second-order valence-corrected chi connectivity index (χ2v) is 5.22. The van der Waals surface area contributed by atoms with Crippen LogP contribution in [0.3, 0.4) is 0 Å². The zero-order valence-electron chi connectivity index (χ0n) is 10.1. The van der Waals surface area contributed by atoms with Gasteiger partial charge in [0, 0.05) is 10.9 Å². The maximum absolute atomic E-state index is 10.7. The Morgan fingerprint density at radius 3 is 2.78 bits per heavy atom. The number of halogens is 1. The monoisotopic (exact) mass is 314 g/mol. The lowest BCUT2D eigenvalue weighted by molar-refractivity contribution is -0.136. The number of hydrogen-bond donors (Lipinski definition) is 1. The van der Waals surface area contributed by atoms with Crippen molar-refractivity contribution in [2.24, 2.45) is 0 Å². The summed E-state index contributed by atoms with van der Waals surface area (Å²) in [6.07, 6.45) is 2.88. The number of carboxylic acid groups (broad SMARTS) is 1. The van der Waals surface area contributed by atoms with Gasteiger partial charge in [0.2, 0.25) is 0 Å². The fourth-order valence-corrected chi connectivity index (χ4v) is 2.17. The van der Waals surface area contributed by atoms with Gasteiger partial charge in [0.1, 0.15) is 0 Å². The second-order valence-electron chi connectivity index (χ2n) is 4.31. The first-order valence-electron chi connectivity index (χ1n) is 5.85. The van der Waals surface area contributed by atoms with Crippen LogP contribution in [0.25, 0.3) is 0 Å². The number of aryl methyl sites for hydroxylation is 1. The van der Waals surface area contributed by atoms with Crippen LogP contribution in [0.4, 0.5) is 0 Å². The Morgan fingerprint density at radius 1 is 1.50 bits per heavy atom. The molecule has 0 spiro atoms. The third-order valence-corrected chi connectivity index (χ3v) is 3.19. The maximum Gasteiger partial charge on any atom is 0.303 e. The van der Waals surface area contributed by atoms with E-state index in [1.165, 1.54) is 0 Å². The molecule has 1 saturated carbocycles. The Morgan fingerprint density at radius 2 is 2.22 bits per heavy atom. The number of carbonyl (C=O) groups is 1. The van der Waals surface area contributed by atoms with E-state index in [1.807, 2.05) is 12.1 Å². The van der Waals surface area contributed by atoms with Gasteiger partial charge in [-0.25, -0.2) is 0 Å². The van der Waals surface area contributed by atoms with Crippen molar-refractivity contribution in [2.45, 2.75) is 31.8 Å². The summed E-state index contributed by atoms with van der Waals surface area (Å²) in [6, 6.07) is 3.73. The molecule has 1 aliphatic carbocycles. The predicted octanol–water partition coefficient (Wildman–Crippen LogP) is 3.02. The lowest BCUT2D eigenvalue weighted by Crippen LogP contribution is -2.04. The van der Waals surface area contributed by atoms with E-state index in [0.717, 1.165) is 22.9 Å². The molecular formula is C13H15BrO4. The first kappa shape index (κ1) is 13.2. The summed E-state index contributed by atoms with van der Waals surface area (Å²) in [4.78, 5) is 10.7. The molecule has 0 aliphatic heterocycles. The van der Waals surface area contributed by atoms with E-state index in [4.69, 9.17) is 14.6 Å². The minimum absolute atomic E-state index is 0.0840. The topological polar surface area (TPSA) is 55.8 Å². The molecule has 0 atom stereocenters. The molecule has 0 radical (unpaired) electrons. The van der Waals surface area contributed by atoms with E-state index >= 15 is 0 Å². The summed E-state index contributed by atoms with van der Waals surface area (Å²) in [5.41, 5.74) is 0.871. The lowest BCUT2D eigenvalue weighted by atomic mass is 10.1. The minimum atomic E-state index is -0.814. The summed E-state index contributed by atoms with van der Waals surface area (Å²) in [5.74, 6) is 0.521. The highest BCUT2D eigenvalue weighted by molar-refractivity contribution is 9.10. The van der Waals surface area contributed by atoms with Crippen LogP contribution in [0, 0.1) is 0 Å². The molecule has 0 aromatic heterocycles. The molecule has 1 N–H and O–H groups in total. The molecule has 1 aromatic rings. The quantitative estimate of drug-likeness (QED) is 0.877. The van der Waals surface area contributed by atoms with Crippen LogP contribution in [0.2, 0.25) is 0 Å². The van der Waals surface area contributed by atoms with E-state index in [9.17, 15) is 4.79 Å². The van der Waals surface area contributed by atoms with Gasteiger partial charge in [0.05, 0.1) is 13.2 Å². The molecule has 1 aromatic carbocycles. The van der Waals surface area contributed by atoms with Gasteiger partial charge in [-0.3, -0.25) is 4.79 Å². The van der Waals surface area contributed by atoms with Crippen molar-refractivity contribution in [3.05, 3.63) is 22.2 Å². The zero-order valence-corrected chi connectivity index (χ0v) is 11.7. The molecule has 2 rings (SSSR count). The summed E-state index contributed by atoms with van der Waals surface area (Å²) in [6.45, 7) is 0. The van der Waals surface area contributed by atoms with Gasteiger partial charge in [-0.1, -0.05) is 15.9 Å². The van der Waals surface area contributed by atoms with Crippen LogP contribution in [-0.4, -0.2) is 24.3 Å². The Kier molecular flexibility index (Phi) is 4.11. The molecule has 0 bridgehead atoms. The van der Waals surface area contributed by atoms with Gasteiger partial charge >= 0.3 is 5.97 Å². The molecule has 0 unspecified atom stereocenters. The molecule has 1 fully saturated rings. The number of aliphatic carboxylic acids is 1. The normalized spacial score (nSPS) is 14.3. The summed E-state index contributed by atoms with van der Waals surface area (Å²) in [7, 11) is 1.59. The summed E-state index contributed by atoms with van der Waals surface area (Å²) >= 11 is 3.39. The Balaban J connectivity index is 2.27. The molecule has 0 heterocycles. The Hall–Kier alpha value is -1.23. The van der Waals surface area contributed by atoms with E-state index in [-0.39, 0.29) is 12.5 Å². The summed E-state index contributed by atoms with van der Waals surface area (Å²) in [5, 5.41) is 8.77. The third-order valence-electron chi connectivity index (χ3n) is 2.73. The van der Waals surface area contributed by atoms with E-state index in [0.29, 0.717) is 17.9 Å². The fraction of sp³-hybridized carbons (Fsp3) is 0.462. The number of rotatable bonds is 6. The fourth-order valence-electron chi connectivity index (χ4n) is 1.69. The third kappa shape index (κ3) is 3.38. The first-order chi connectivity index (χ1) is 8.60. The number of benzene rings is 1. The van der Waals surface area contributed by atoms with Crippen molar-refractivity contribution in [2.75, 3.05) is 7.11 Å². The SMILES string of the molecule is COc1cc(Br)cc(CCC(=O)O)c1OC1CC1. The van der Waals surface area contributed by atoms with Gasteiger partial charge in [-0.2, -0.15) is 0 Å². The van der Waals surface area contributed by atoms with Crippen molar-refractivity contribution in [1.82, 2.24) is 0 Å². The Labute approximate surface area is 114 Å². The summed E-state index contributed by atoms with van der Waals surface area (Å²) < 4.78 is 12.0. The number of ether oxygens (including phenoxy) is 2. The number of hydrogen-bond acceptors (Lipinski definition) is 3. The zero-order chi connectivity index (χ0) is 13.1. The van der Waals surface area contributed by atoms with E-state index < -0.39 is 5.97 Å². The molecular weight excluding hydrogens is 300 g/mol. The van der Waals surface area contributed by atoms with Crippen LogP contribution < -0.4 is 9.47 Å². The second kappa shape index (κ2) is 5.61. The van der Waals surface area contributed by atoms with Crippen LogP contribution in [0.5, 0.6) is 11.5 Å². The molecule has 1 aliphatic rings. The van der Waals surface area contributed by atoms with Gasteiger partial charge in [0.25, 0.3) is 0 Å². The van der Waals surface area contributed by atoms with Crippen molar-refractivity contribution < 1.29 is 19.4 Å². The van der Waals surface area contributed by atoms with Crippen LogP contribution >= 0.6 is 15.9 Å². The standard InChI is InChI=1S/C13H15BrO4/c1-17-11-7-9(14)6-8(2-5-12(15)16)13(11)18-10-3-4-10/h6-7,10H,2-5H2,1H3,(H,15,16). The molecule has 98 valence electrons. The first-order valence-corrected chi connectivity index (χ1v) is 6.64. The smallest absolute Gasteiger partial charge is 0.303 e.